The van der Waals surface area contributed by atoms with Gasteiger partial charge in [-0.3, -0.25) is 4.79 Å². The minimum absolute atomic E-state index is 0.0648. The van der Waals surface area contributed by atoms with E-state index in [0.717, 1.165) is 15.5 Å². The summed E-state index contributed by atoms with van der Waals surface area (Å²) in [7, 11) is 1.56. The molecule has 10 heteroatoms. The van der Waals surface area contributed by atoms with Gasteiger partial charge < -0.3 is 19.3 Å². The monoisotopic (exact) mass is 476 g/mol. The van der Waals surface area contributed by atoms with Crippen LogP contribution in [0.5, 0.6) is 5.75 Å². The van der Waals surface area contributed by atoms with Gasteiger partial charge in [0.2, 0.25) is 11.8 Å². The summed E-state index contributed by atoms with van der Waals surface area (Å²) in [5, 5.41) is 3.43. The number of nitrogens with one attached hydrogen (secondary N) is 2. The number of hydrogen-bond acceptors (Lipinski definition) is 9. The van der Waals surface area contributed by atoms with Crippen molar-refractivity contribution in [1.82, 2.24) is 15.4 Å². The first kappa shape index (κ1) is 24.2. The second-order valence-corrected chi connectivity index (χ2v) is 10.3. The molecule has 1 aromatic carbocycles. The number of hydrogen-bond donors (Lipinski definition) is 2. The molecule has 0 aliphatic rings. The van der Waals surface area contributed by atoms with Gasteiger partial charge in [-0.05, 0) is 17.7 Å². The van der Waals surface area contributed by atoms with Crippen LogP contribution in [0.1, 0.15) is 38.0 Å². The largest absolute Gasteiger partial charge is 0.492 e. The van der Waals surface area contributed by atoms with Crippen molar-refractivity contribution in [3.63, 3.8) is 0 Å². The molecular formula is C22H28N4O4S2. The minimum atomic E-state index is -0.128. The zero-order valence-corrected chi connectivity index (χ0v) is 20.3. The van der Waals surface area contributed by atoms with Gasteiger partial charge in [0.15, 0.2) is 5.13 Å². The lowest BCUT2D eigenvalue weighted by Crippen LogP contribution is -2.19. The highest BCUT2D eigenvalue weighted by Crippen LogP contribution is 2.31. The number of carbonyl (C=O) groups excluding carboxylic acids is 1. The second-order valence-electron chi connectivity index (χ2n) is 7.96. The molecule has 0 spiro atoms. The lowest BCUT2D eigenvalue weighted by atomic mass is 9.94. The Bertz CT molecular complexity index is 1010. The number of thioether (sulfide) groups is 1. The Morgan fingerprint density at radius 3 is 2.84 bits per heavy atom. The molecule has 0 radical (unpaired) electrons. The number of ether oxygens (including phenoxy) is 1. The van der Waals surface area contributed by atoms with E-state index in [1.807, 2.05) is 24.3 Å². The standard InChI is InChI=1S/C22H28N4O4S2/c1-22(2,3)17-12-23-19(30-17)14-31-20-13-24-21(32-20)26-18(27)11-15-6-5-7-16(10-15)29-9-8-25-28-4/h5-7,10,12-13,25H,8-9,11,14H2,1-4H3,(H,24,26,27). The maximum absolute atomic E-state index is 12.4. The fourth-order valence-electron chi connectivity index (χ4n) is 2.65. The van der Waals surface area contributed by atoms with Crippen LogP contribution < -0.4 is 15.5 Å². The van der Waals surface area contributed by atoms with Gasteiger partial charge in [0.1, 0.15) is 18.1 Å². The first-order valence-corrected chi connectivity index (χ1v) is 11.9. The molecule has 0 aliphatic heterocycles. The Balaban J connectivity index is 1.47. The van der Waals surface area contributed by atoms with Crippen molar-refractivity contribution in [3.8, 4) is 5.75 Å². The highest BCUT2D eigenvalue weighted by atomic mass is 32.2. The summed E-state index contributed by atoms with van der Waals surface area (Å²) >= 11 is 3.01. The fourth-order valence-corrected chi connectivity index (χ4v) is 4.39. The molecule has 0 fully saturated rings. The maximum Gasteiger partial charge on any atom is 0.230 e. The van der Waals surface area contributed by atoms with Gasteiger partial charge in [-0.2, -0.15) is 5.48 Å². The Labute approximate surface area is 196 Å². The van der Waals surface area contributed by atoms with Gasteiger partial charge >= 0.3 is 0 Å². The van der Waals surface area contributed by atoms with Crippen LogP contribution in [0.3, 0.4) is 0 Å². The van der Waals surface area contributed by atoms with Crippen LogP contribution in [0.4, 0.5) is 5.13 Å². The van der Waals surface area contributed by atoms with Crippen LogP contribution in [-0.4, -0.2) is 36.1 Å². The molecule has 2 N–H and O–H groups in total. The lowest BCUT2D eigenvalue weighted by Gasteiger charge is -2.12. The Morgan fingerprint density at radius 1 is 1.25 bits per heavy atom. The van der Waals surface area contributed by atoms with E-state index in [1.165, 1.54) is 11.3 Å². The van der Waals surface area contributed by atoms with E-state index >= 15 is 0 Å². The molecule has 2 heterocycles. The Kier molecular flexibility index (Phi) is 8.68. The third kappa shape index (κ3) is 7.63. The highest BCUT2D eigenvalue weighted by Gasteiger charge is 2.19. The zero-order valence-electron chi connectivity index (χ0n) is 18.6. The molecule has 3 rings (SSSR count). The number of rotatable bonds is 11. The number of thiazole rings is 1. The van der Waals surface area contributed by atoms with Crippen LogP contribution in [0.15, 0.2) is 45.3 Å². The topological polar surface area (TPSA) is 98.5 Å². The average molecular weight is 477 g/mol. The van der Waals surface area contributed by atoms with Gasteiger partial charge in [0.05, 0.1) is 42.4 Å². The summed E-state index contributed by atoms with van der Waals surface area (Å²) in [5.41, 5.74) is 3.51. The molecule has 2 aromatic heterocycles. The Morgan fingerprint density at radius 2 is 2.09 bits per heavy atom. The average Bonchev–Trinajstić information content (AvgIpc) is 3.39. The second kappa shape index (κ2) is 11.5. The lowest BCUT2D eigenvalue weighted by molar-refractivity contribution is -0.115. The van der Waals surface area contributed by atoms with Gasteiger partial charge in [-0.25, -0.2) is 9.97 Å². The molecule has 0 aliphatic carbocycles. The Hall–Kier alpha value is -2.40. The van der Waals surface area contributed by atoms with Crippen molar-refractivity contribution in [1.29, 1.82) is 0 Å². The number of anilines is 1. The van der Waals surface area contributed by atoms with Crippen molar-refractivity contribution in [2.24, 2.45) is 0 Å². The van der Waals surface area contributed by atoms with Gasteiger partial charge in [0.25, 0.3) is 0 Å². The number of hydroxylamine groups is 1. The predicted molar refractivity (Wildman–Crippen MR) is 126 cm³/mol. The number of amides is 1. The molecule has 0 saturated carbocycles. The van der Waals surface area contributed by atoms with Gasteiger partial charge in [-0.1, -0.05) is 44.2 Å². The molecule has 8 nitrogen and oxygen atoms in total. The maximum atomic E-state index is 12.4. The van der Waals surface area contributed by atoms with Gasteiger partial charge in [-0.15, -0.1) is 11.8 Å². The van der Waals surface area contributed by atoms with Crippen LogP contribution >= 0.6 is 23.1 Å². The molecule has 172 valence electrons. The molecule has 3 aromatic rings. The van der Waals surface area contributed by atoms with Crippen LogP contribution in [0.2, 0.25) is 0 Å². The van der Waals surface area contributed by atoms with Crippen molar-refractivity contribution in [2.75, 3.05) is 25.6 Å². The van der Waals surface area contributed by atoms with Crippen LogP contribution in [0.25, 0.3) is 0 Å². The molecule has 0 bridgehead atoms. The summed E-state index contributed by atoms with van der Waals surface area (Å²) in [5.74, 6) is 2.74. The fraction of sp³-hybridized carbons (Fsp3) is 0.409. The third-order valence-corrected chi connectivity index (χ3v) is 6.33. The molecule has 1 amide bonds. The third-order valence-electron chi connectivity index (χ3n) is 4.24. The first-order valence-electron chi connectivity index (χ1n) is 10.1. The van der Waals surface area contributed by atoms with Crippen molar-refractivity contribution >= 4 is 34.1 Å². The van der Waals surface area contributed by atoms with E-state index in [1.54, 1.807) is 31.3 Å². The van der Waals surface area contributed by atoms with E-state index in [0.29, 0.717) is 35.7 Å². The SMILES string of the molecule is CONCCOc1cccc(CC(=O)Nc2ncc(SCc3ncc(C(C)(C)C)o3)s2)c1. The molecule has 32 heavy (non-hydrogen) atoms. The smallest absolute Gasteiger partial charge is 0.230 e. The number of oxazole rings is 1. The quantitative estimate of drug-likeness (QED) is 0.238. The number of nitrogens with zero attached hydrogens (tertiary/aromatic N) is 2. The number of aromatic nitrogens is 2. The van der Waals surface area contributed by atoms with Crippen LogP contribution in [-0.2, 0) is 27.2 Å². The highest BCUT2D eigenvalue weighted by molar-refractivity contribution is 8.00. The van der Waals surface area contributed by atoms with E-state index in [9.17, 15) is 4.79 Å². The number of carbonyl (C=O) groups is 1. The summed E-state index contributed by atoms with van der Waals surface area (Å²) in [6, 6.07) is 7.48. The normalized spacial score (nSPS) is 11.5. The van der Waals surface area contributed by atoms with E-state index in [-0.39, 0.29) is 17.7 Å². The number of benzene rings is 1. The molecular weight excluding hydrogens is 448 g/mol. The summed E-state index contributed by atoms with van der Waals surface area (Å²) in [6.07, 6.45) is 3.77. The van der Waals surface area contributed by atoms with E-state index < -0.39 is 0 Å². The molecule has 0 atom stereocenters. The van der Waals surface area contributed by atoms with Crippen molar-refractivity contribution in [2.45, 2.75) is 42.6 Å². The van der Waals surface area contributed by atoms with Crippen molar-refractivity contribution < 1.29 is 18.8 Å². The van der Waals surface area contributed by atoms with Crippen molar-refractivity contribution in [3.05, 3.63) is 53.9 Å². The van der Waals surface area contributed by atoms with Gasteiger partial charge in [0, 0.05) is 5.41 Å². The van der Waals surface area contributed by atoms with E-state index in [4.69, 9.17) is 14.0 Å². The summed E-state index contributed by atoms with van der Waals surface area (Å²) in [6.45, 7) is 7.30. The molecule has 0 unspecified atom stereocenters. The molecule has 0 saturated heterocycles. The minimum Gasteiger partial charge on any atom is -0.492 e. The predicted octanol–water partition coefficient (Wildman–Crippen LogP) is 4.43. The summed E-state index contributed by atoms with van der Waals surface area (Å²) in [4.78, 5) is 25.8. The van der Waals surface area contributed by atoms with Crippen LogP contribution in [0, 0.1) is 0 Å². The first-order chi connectivity index (χ1) is 15.3. The zero-order chi connectivity index (χ0) is 23.0. The van der Waals surface area contributed by atoms with E-state index in [2.05, 4.69) is 41.5 Å². The summed E-state index contributed by atoms with van der Waals surface area (Å²) < 4.78 is 12.4.